The molecule has 1 aliphatic rings. The van der Waals surface area contributed by atoms with Crippen molar-refractivity contribution < 1.29 is 18.1 Å². The first kappa shape index (κ1) is 21.9. The van der Waals surface area contributed by atoms with Crippen LogP contribution in [0.25, 0.3) is 6.08 Å². The largest absolute Gasteiger partial charge is 0.379 e. The summed E-state index contributed by atoms with van der Waals surface area (Å²) in [5.74, 6) is 0. The summed E-state index contributed by atoms with van der Waals surface area (Å²) in [6, 6.07) is 13.0. The van der Waals surface area contributed by atoms with Crippen molar-refractivity contribution in [2.45, 2.75) is 4.90 Å². The average Bonchev–Trinajstić information content (AvgIpc) is 2.75. The summed E-state index contributed by atoms with van der Waals surface area (Å²) in [5.41, 5.74) is 3.05. The van der Waals surface area contributed by atoms with E-state index in [0.29, 0.717) is 5.03 Å². The molecule has 0 amide bonds. The molecule has 0 atom stereocenters. The van der Waals surface area contributed by atoms with Gasteiger partial charge in [-0.1, -0.05) is 41.9 Å². The normalized spacial score (nSPS) is 16.0. The molecular formula is C19H19ClN4O5S. The lowest BCUT2D eigenvalue weighted by Gasteiger charge is -2.26. The third kappa shape index (κ3) is 5.42. The number of hydrogen-bond acceptors (Lipinski definition) is 7. The predicted molar refractivity (Wildman–Crippen MR) is 115 cm³/mol. The van der Waals surface area contributed by atoms with Crippen LogP contribution in [0.3, 0.4) is 0 Å². The SMILES string of the molecule is O=[N+]([O-])c1cc(S(=O)(=O)N2CCOCC2)ccc1NN=CC(Cl)=Cc1ccccc1. The average molecular weight is 451 g/mol. The Hall–Kier alpha value is -2.79. The lowest BCUT2D eigenvalue weighted by molar-refractivity contribution is -0.384. The molecule has 0 aliphatic carbocycles. The summed E-state index contributed by atoms with van der Waals surface area (Å²) < 4.78 is 31.8. The molecule has 1 aliphatic heterocycles. The maximum Gasteiger partial charge on any atom is 0.295 e. The van der Waals surface area contributed by atoms with Crippen molar-refractivity contribution in [1.29, 1.82) is 0 Å². The number of halogens is 1. The molecule has 2 aromatic rings. The molecule has 158 valence electrons. The molecule has 1 saturated heterocycles. The lowest BCUT2D eigenvalue weighted by Crippen LogP contribution is -2.40. The molecule has 0 spiro atoms. The van der Waals surface area contributed by atoms with Gasteiger partial charge in [0.1, 0.15) is 5.69 Å². The van der Waals surface area contributed by atoms with Crippen LogP contribution in [-0.4, -0.2) is 50.2 Å². The first-order chi connectivity index (χ1) is 14.4. The van der Waals surface area contributed by atoms with Gasteiger partial charge in [0.2, 0.25) is 10.0 Å². The van der Waals surface area contributed by atoms with E-state index in [1.54, 1.807) is 6.08 Å². The monoisotopic (exact) mass is 450 g/mol. The van der Waals surface area contributed by atoms with Crippen LogP contribution in [-0.2, 0) is 14.8 Å². The number of nitrogens with one attached hydrogen (secondary N) is 1. The lowest BCUT2D eigenvalue weighted by atomic mass is 10.2. The first-order valence-corrected chi connectivity index (χ1v) is 10.8. The number of nitro benzene ring substituents is 1. The smallest absolute Gasteiger partial charge is 0.295 e. The van der Waals surface area contributed by atoms with Crippen molar-refractivity contribution >= 4 is 45.3 Å². The molecule has 0 aromatic heterocycles. The van der Waals surface area contributed by atoms with Crippen molar-refractivity contribution in [1.82, 2.24) is 4.31 Å². The second-order valence-corrected chi connectivity index (χ2v) is 8.64. The Balaban J connectivity index is 1.79. The second kappa shape index (κ2) is 9.81. The molecule has 1 fully saturated rings. The third-order valence-corrected chi connectivity index (χ3v) is 6.35. The fraction of sp³-hybridized carbons (Fsp3) is 0.211. The maximum absolute atomic E-state index is 12.7. The van der Waals surface area contributed by atoms with Gasteiger partial charge in [0.25, 0.3) is 5.69 Å². The van der Waals surface area contributed by atoms with E-state index < -0.39 is 20.6 Å². The molecule has 9 nitrogen and oxygen atoms in total. The topological polar surface area (TPSA) is 114 Å². The van der Waals surface area contributed by atoms with Crippen molar-refractivity contribution in [3.63, 3.8) is 0 Å². The molecule has 2 aromatic carbocycles. The van der Waals surface area contributed by atoms with E-state index in [0.717, 1.165) is 11.6 Å². The number of rotatable bonds is 7. The molecular weight excluding hydrogens is 432 g/mol. The number of ether oxygens (including phenoxy) is 1. The molecule has 30 heavy (non-hydrogen) atoms. The van der Waals surface area contributed by atoms with E-state index in [1.165, 1.54) is 22.7 Å². The van der Waals surface area contributed by atoms with E-state index in [4.69, 9.17) is 16.3 Å². The highest BCUT2D eigenvalue weighted by molar-refractivity contribution is 7.89. The van der Waals surface area contributed by atoms with E-state index in [1.807, 2.05) is 30.3 Å². The maximum atomic E-state index is 12.7. The molecule has 3 rings (SSSR count). The van der Waals surface area contributed by atoms with Crippen LogP contribution in [0.2, 0.25) is 0 Å². The molecule has 0 bridgehead atoms. The van der Waals surface area contributed by atoms with E-state index in [9.17, 15) is 18.5 Å². The zero-order chi connectivity index (χ0) is 21.6. The first-order valence-electron chi connectivity index (χ1n) is 8.95. The highest BCUT2D eigenvalue weighted by Crippen LogP contribution is 2.29. The Bertz CT molecular complexity index is 1070. The quantitative estimate of drug-likeness (QED) is 0.393. The Morgan fingerprint density at radius 1 is 1.20 bits per heavy atom. The minimum absolute atomic E-state index is 0.0429. The van der Waals surface area contributed by atoms with Crippen LogP contribution in [0.4, 0.5) is 11.4 Å². The van der Waals surface area contributed by atoms with Crippen molar-refractivity contribution in [3.05, 3.63) is 69.2 Å². The van der Waals surface area contributed by atoms with Gasteiger partial charge in [0.05, 0.1) is 34.3 Å². The minimum Gasteiger partial charge on any atom is -0.379 e. The van der Waals surface area contributed by atoms with Crippen molar-refractivity contribution in [2.24, 2.45) is 5.10 Å². The highest BCUT2D eigenvalue weighted by Gasteiger charge is 2.28. The molecule has 11 heteroatoms. The van der Waals surface area contributed by atoms with Crippen molar-refractivity contribution in [3.8, 4) is 0 Å². The Morgan fingerprint density at radius 3 is 2.57 bits per heavy atom. The standard InChI is InChI=1S/C19H19ClN4O5S/c20-16(12-15-4-2-1-3-5-15)14-21-22-18-7-6-17(13-19(18)24(25)26)30(27,28)23-8-10-29-11-9-23/h1-7,12-14,22H,8-11H2. The summed E-state index contributed by atoms with van der Waals surface area (Å²) in [6.07, 6.45) is 2.98. The van der Waals surface area contributed by atoms with Gasteiger partial charge < -0.3 is 4.74 Å². The number of nitrogens with zero attached hydrogens (tertiary/aromatic N) is 3. The number of hydrogen-bond donors (Lipinski definition) is 1. The van der Waals surface area contributed by atoms with Gasteiger partial charge >= 0.3 is 0 Å². The van der Waals surface area contributed by atoms with Gasteiger partial charge in [-0.05, 0) is 23.8 Å². The van der Waals surface area contributed by atoms with Gasteiger partial charge in [0.15, 0.2) is 0 Å². The number of hydrazone groups is 1. The summed E-state index contributed by atoms with van der Waals surface area (Å²) in [5, 5.41) is 15.7. The number of sulfonamides is 1. The van der Waals surface area contributed by atoms with Crippen LogP contribution < -0.4 is 5.43 Å². The highest BCUT2D eigenvalue weighted by atomic mass is 35.5. The van der Waals surface area contributed by atoms with E-state index in [-0.39, 0.29) is 36.9 Å². The number of anilines is 1. The number of nitro groups is 1. The van der Waals surface area contributed by atoms with Crippen LogP contribution in [0, 0.1) is 10.1 Å². The summed E-state index contributed by atoms with van der Waals surface area (Å²) in [7, 11) is -3.85. The fourth-order valence-corrected chi connectivity index (χ4v) is 4.37. The van der Waals surface area contributed by atoms with Gasteiger partial charge in [0, 0.05) is 19.2 Å². The van der Waals surface area contributed by atoms with Gasteiger partial charge in [-0.2, -0.15) is 9.41 Å². The number of morpholine rings is 1. The summed E-state index contributed by atoms with van der Waals surface area (Å²) in [6.45, 7) is 0.971. The third-order valence-electron chi connectivity index (χ3n) is 4.25. The predicted octanol–water partition coefficient (Wildman–Crippen LogP) is 3.29. The van der Waals surface area contributed by atoms with Gasteiger partial charge in [-0.15, -0.1) is 0 Å². The summed E-state index contributed by atoms with van der Waals surface area (Å²) in [4.78, 5) is 10.6. The van der Waals surface area contributed by atoms with Gasteiger partial charge in [-0.25, -0.2) is 8.42 Å². The van der Waals surface area contributed by atoms with Crippen LogP contribution in [0.15, 0.2) is 63.6 Å². The molecule has 0 radical (unpaired) electrons. The molecule has 1 heterocycles. The molecule has 0 unspecified atom stereocenters. The Labute approximate surface area is 178 Å². The van der Waals surface area contributed by atoms with Crippen molar-refractivity contribution in [2.75, 3.05) is 31.7 Å². The van der Waals surface area contributed by atoms with E-state index >= 15 is 0 Å². The van der Waals surface area contributed by atoms with Crippen LogP contribution in [0.5, 0.6) is 0 Å². The van der Waals surface area contributed by atoms with E-state index in [2.05, 4.69) is 10.5 Å². The molecule has 0 saturated carbocycles. The number of benzene rings is 2. The fourth-order valence-electron chi connectivity index (χ4n) is 2.76. The minimum atomic E-state index is -3.85. The Morgan fingerprint density at radius 2 is 1.90 bits per heavy atom. The molecule has 1 N–H and O–H groups in total. The second-order valence-electron chi connectivity index (χ2n) is 6.26. The van der Waals surface area contributed by atoms with Crippen LogP contribution >= 0.6 is 11.6 Å². The van der Waals surface area contributed by atoms with Crippen LogP contribution in [0.1, 0.15) is 5.56 Å². The zero-order valence-corrected chi connectivity index (χ0v) is 17.3. The number of allylic oxidation sites excluding steroid dienone is 1. The van der Waals surface area contributed by atoms with Gasteiger partial charge in [-0.3, -0.25) is 15.5 Å². The Kier molecular flexibility index (Phi) is 7.16. The zero-order valence-electron chi connectivity index (χ0n) is 15.8. The summed E-state index contributed by atoms with van der Waals surface area (Å²) >= 11 is 6.10.